The molecule has 1 N–H and O–H groups in total. The third-order valence-electron chi connectivity index (χ3n) is 6.36. The van der Waals surface area contributed by atoms with Crippen molar-refractivity contribution in [3.8, 4) is 0 Å². The van der Waals surface area contributed by atoms with E-state index >= 15 is 0 Å². The van der Waals surface area contributed by atoms with Gasteiger partial charge in [-0.1, -0.05) is 91.0 Å². The van der Waals surface area contributed by atoms with Crippen molar-refractivity contribution in [2.45, 2.75) is 24.4 Å². The quantitative estimate of drug-likeness (QED) is 0.199. The molecule has 0 fully saturated rings. The van der Waals surface area contributed by atoms with Gasteiger partial charge in [0.05, 0.1) is 26.2 Å². The topological polar surface area (TPSA) is 99.5 Å². The number of rotatable bonds is 10. The van der Waals surface area contributed by atoms with Gasteiger partial charge in [0.1, 0.15) is 18.0 Å². The van der Waals surface area contributed by atoms with Crippen LogP contribution in [0.3, 0.4) is 0 Å². The number of carbonyl (C=O) groups is 3. The van der Waals surface area contributed by atoms with Crippen molar-refractivity contribution in [3.05, 3.63) is 126 Å². The predicted molar refractivity (Wildman–Crippen MR) is 141 cm³/mol. The van der Waals surface area contributed by atoms with Gasteiger partial charge in [0, 0.05) is 12.6 Å². The van der Waals surface area contributed by atoms with Crippen LogP contribution in [0.1, 0.15) is 28.8 Å². The van der Waals surface area contributed by atoms with Crippen molar-refractivity contribution in [1.29, 1.82) is 0 Å². The van der Waals surface area contributed by atoms with Crippen molar-refractivity contribution < 1.29 is 23.9 Å². The Labute approximate surface area is 221 Å². The second kappa shape index (κ2) is 12.0. The molecule has 1 unspecified atom stereocenters. The average molecular weight is 512 g/mol. The molecule has 1 aromatic heterocycles. The van der Waals surface area contributed by atoms with Crippen LogP contribution >= 0.6 is 0 Å². The number of nitrogens with one attached hydrogen (secondary N) is 1. The van der Waals surface area contributed by atoms with Crippen molar-refractivity contribution in [2.24, 2.45) is 0 Å². The van der Waals surface area contributed by atoms with Gasteiger partial charge < -0.3 is 19.4 Å². The molecule has 0 saturated heterocycles. The minimum atomic E-state index is -1.03. The Bertz CT molecular complexity index is 1270. The molecule has 4 aromatic rings. The third-order valence-corrected chi connectivity index (χ3v) is 6.36. The first-order valence-corrected chi connectivity index (χ1v) is 12.1. The highest BCUT2D eigenvalue weighted by atomic mass is 16.5. The zero-order valence-electron chi connectivity index (χ0n) is 21.2. The number of ether oxygens (including phenoxy) is 2. The molecule has 1 heterocycles. The zero-order valence-corrected chi connectivity index (χ0v) is 21.2. The Balaban J connectivity index is 1.78. The van der Waals surface area contributed by atoms with E-state index in [0.29, 0.717) is 5.69 Å². The third kappa shape index (κ3) is 5.49. The van der Waals surface area contributed by atoms with E-state index < -0.39 is 35.8 Å². The Kier molecular flexibility index (Phi) is 8.33. The molecule has 8 nitrogen and oxygen atoms in total. The van der Waals surface area contributed by atoms with E-state index in [-0.39, 0.29) is 6.42 Å². The Morgan fingerprint density at radius 3 is 1.76 bits per heavy atom. The number of hydrogen-bond donors (Lipinski definition) is 1. The Hall–Kier alpha value is -4.72. The highest BCUT2D eigenvalue weighted by molar-refractivity contribution is 5.96. The van der Waals surface area contributed by atoms with Gasteiger partial charge in [0.15, 0.2) is 0 Å². The summed E-state index contributed by atoms with van der Waals surface area (Å²) in [6.45, 7) is 0. The highest BCUT2D eigenvalue weighted by Crippen LogP contribution is 2.40. The minimum Gasteiger partial charge on any atom is -0.469 e. The number of hydrogen-bond acceptors (Lipinski definition) is 6. The molecule has 0 radical (unpaired) electrons. The number of methoxy groups -OCH3 is 2. The lowest BCUT2D eigenvalue weighted by Crippen LogP contribution is -2.43. The smallest absolute Gasteiger partial charge is 0.328 e. The monoisotopic (exact) mass is 511 g/mol. The van der Waals surface area contributed by atoms with Gasteiger partial charge in [-0.15, -0.1) is 0 Å². The fourth-order valence-corrected chi connectivity index (χ4v) is 4.63. The largest absolute Gasteiger partial charge is 0.469 e. The molecule has 0 aliphatic carbocycles. The summed E-state index contributed by atoms with van der Waals surface area (Å²) in [5, 5.41) is 2.56. The summed E-state index contributed by atoms with van der Waals surface area (Å²) >= 11 is 0. The van der Waals surface area contributed by atoms with E-state index in [4.69, 9.17) is 4.74 Å². The van der Waals surface area contributed by atoms with Crippen LogP contribution < -0.4 is 5.32 Å². The number of carbonyl (C=O) groups excluding carboxylic acids is 3. The Morgan fingerprint density at radius 1 is 0.816 bits per heavy atom. The average Bonchev–Trinajstić information content (AvgIpc) is 3.43. The van der Waals surface area contributed by atoms with Crippen LogP contribution in [-0.2, 0) is 35.8 Å². The molecule has 38 heavy (non-hydrogen) atoms. The Morgan fingerprint density at radius 2 is 1.32 bits per heavy atom. The predicted octanol–water partition coefficient (Wildman–Crippen LogP) is 3.49. The maximum Gasteiger partial charge on any atom is 0.328 e. The first-order chi connectivity index (χ1) is 18.5. The molecular weight excluding hydrogens is 482 g/mol. The van der Waals surface area contributed by atoms with Crippen molar-refractivity contribution in [3.63, 3.8) is 0 Å². The van der Waals surface area contributed by atoms with Crippen LogP contribution in [0.25, 0.3) is 0 Å². The standard InChI is InChI=1S/C30H29N3O5/c1-37-28(35)19-27(34)32-26(29(36)38-2)18-25-20-33(21-31-25)30(22-12-6-3-7-13-22,23-14-8-4-9-15-23)24-16-10-5-11-17-24/h3-17,20-21,26H,18-19H2,1-2H3,(H,32,34). The SMILES string of the molecule is COC(=O)CC(=O)NC(Cc1cn(C(c2ccccc2)(c2ccccc2)c2ccccc2)cn1)C(=O)OC. The normalized spacial score (nSPS) is 11.8. The summed E-state index contributed by atoms with van der Waals surface area (Å²) in [4.78, 5) is 40.9. The van der Waals surface area contributed by atoms with Crippen molar-refractivity contribution in [2.75, 3.05) is 14.2 Å². The van der Waals surface area contributed by atoms with Crippen LogP contribution in [-0.4, -0.2) is 47.7 Å². The fraction of sp³-hybridized carbons (Fsp3) is 0.200. The highest BCUT2D eigenvalue weighted by Gasteiger charge is 2.38. The lowest BCUT2D eigenvalue weighted by Gasteiger charge is -2.37. The van der Waals surface area contributed by atoms with Gasteiger partial charge in [-0.3, -0.25) is 9.59 Å². The second-order valence-corrected chi connectivity index (χ2v) is 8.68. The second-order valence-electron chi connectivity index (χ2n) is 8.68. The molecule has 3 aromatic carbocycles. The molecule has 0 spiro atoms. The van der Waals surface area contributed by atoms with Gasteiger partial charge in [-0.2, -0.15) is 0 Å². The number of nitrogens with zero attached hydrogens (tertiary/aromatic N) is 2. The van der Waals surface area contributed by atoms with Crippen LogP contribution in [0.15, 0.2) is 104 Å². The van der Waals surface area contributed by atoms with Crippen LogP contribution in [0.4, 0.5) is 0 Å². The molecule has 0 saturated carbocycles. The molecule has 8 heteroatoms. The van der Waals surface area contributed by atoms with Crippen molar-refractivity contribution in [1.82, 2.24) is 14.9 Å². The minimum absolute atomic E-state index is 0.0705. The van der Waals surface area contributed by atoms with Gasteiger partial charge in [-0.25, -0.2) is 9.78 Å². The lowest BCUT2D eigenvalue weighted by molar-refractivity contribution is -0.148. The van der Waals surface area contributed by atoms with E-state index in [9.17, 15) is 14.4 Å². The number of aromatic nitrogens is 2. The van der Waals surface area contributed by atoms with E-state index in [1.807, 2.05) is 65.4 Å². The molecule has 0 bridgehead atoms. The van der Waals surface area contributed by atoms with E-state index in [1.165, 1.54) is 14.2 Å². The molecule has 0 aliphatic rings. The molecular formula is C30H29N3O5. The summed E-state index contributed by atoms with van der Waals surface area (Å²) in [6, 6.07) is 29.3. The van der Waals surface area contributed by atoms with Crippen LogP contribution in [0, 0.1) is 0 Å². The van der Waals surface area contributed by atoms with Gasteiger partial charge in [0.2, 0.25) is 5.91 Å². The molecule has 0 aliphatic heterocycles. The number of esters is 2. The summed E-state index contributed by atoms with van der Waals surface area (Å²) in [5.41, 5.74) is 2.88. The maximum absolute atomic E-state index is 12.5. The van der Waals surface area contributed by atoms with Crippen molar-refractivity contribution >= 4 is 17.8 Å². The fourth-order valence-electron chi connectivity index (χ4n) is 4.63. The van der Waals surface area contributed by atoms with Crippen LogP contribution in [0.5, 0.6) is 0 Å². The first kappa shape index (κ1) is 26.3. The molecule has 4 rings (SSSR count). The molecule has 1 atom stereocenters. The molecule has 194 valence electrons. The maximum atomic E-state index is 12.5. The van der Waals surface area contributed by atoms with Gasteiger partial charge >= 0.3 is 11.9 Å². The van der Waals surface area contributed by atoms with Gasteiger partial charge in [0.25, 0.3) is 0 Å². The summed E-state index contributed by atoms with van der Waals surface area (Å²) in [5.74, 6) is -1.98. The number of imidazole rings is 1. The summed E-state index contributed by atoms with van der Waals surface area (Å²) < 4.78 is 11.5. The summed E-state index contributed by atoms with van der Waals surface area (Å²) in [6.07, 6.45) is 3.17. The number of benzene rings is 3. The van der Waals surface area contributed by atoms with E-state index in [2.05, 4.69) is 51.4 Å². The van der Waals surface area contributed by atoms with Crippen LogP contribution in [0.2, 0.25) is 0 Å². The first-order valence-electron chi connectivity index (χ1n) is 12.1. The van der Waals surface area contributed by atoms with Gasteiger partial charge in [-0.05, 0) is 16.7 Å². The lowest BCUT2D eigenvalue weighted by atomic mass is 9.77. The van der Waals surface area contributed by atoms with E-state index in [1.54, 1.807) is 6.33 Å². The number of amides is 1. The summed E-state index contributed by atoms with van der Waals surface area (Å²) in [7, 11) is 2.43. The van der Waals surface area contributed by atoms with E-state index in [0.717, 1.165) is 16.7 Å². The zero-order chi connectivity index (χ0) is 27.0. The molecule has 1 amide bonds.